The normalized spacial score (nSPS) is 10.7. The largest absolute Gasteiger partial charge is 0.486 e. The Morgan fingerprint density at radius 2 is 1.70 bits per heavy atom. The summed E-state index contributed by atoms with van der Waals surface area (Å²) in [7, 11) is 0. The molecule has 0 aliphatic carbocycles. The summed E-state index contributed by atoms with van der Waals surface area (Å²) >= 11 is 1.35. The van der Waals surface area contributed by atoms with Gasteiger partial charge in [0.2, 0.25) is 5.91 Å². The van der Waals surface area contributed by atoms with Crippen LogP contribution in [0.2, 0.25) is 0 Å². The number of amides is 1. The highest BCUT2D eigenvalue weighted by atomic mass is 32.2. The SMILES string of the molecule is CCc1ccccc1NC(=O)CSc1nnc(COc2ccc(C)cc2)n1-c1ccccc1. The maximum Gasteiger partial charge on any atom is 0.234 e. The molecule has 0 aliphatic rings. The Hall–Kier alpha value is -3.58. The number of anilines is 1. The summed E-state index contributed by atoms with van der Waals surface area (Å²) in [6, 6.07) is 25.6. The van der Waals surface area contributed by atoms with E-state index in [9.17, 15) is 4.79 Å². The molecule has 3 aromatic carbocycles. The van der Waals surface area contributed by atoms with Crippen molar-refractivity contribution >= 4 is 23.4 Å². The molecule has 0 atom stereocenters. The molecule has 6 nitrogen and oxygen atoms in total. The van der Waals surface area contributed by atoms with Crippen LogP contribution in [-0.4, -0.2) is 26.4 Å². The van der Waals surface area contributed by atoms with Crippen molar-refractivity contribution in [3.8, 4) is 11.4 Å². The highest BCUT2D eigenvalue weighted by Crippen LogP contribution is 2.24. The molecule has 1 heterocycles. The third-order valence-electron chi connectivity index (χ3n) is 5.11. The van der Waals surface area contributed by atoms with Gasteiger partial charge in [-0.15, -0.1) is 10.2 Å². The standard InChI is InChI=1S/C26H26N4O2S/c1-3-20-9-7-8-12-23(20)27-25(31)18-33-26-29-28-24(30(26)21-10-5-4-6-11-21)17-32-22-15-13-19(2)14-16-22/h4-16H,3,17-18H2,1-2H3,(H,27,31). The van der Waals surface area contributed by atoms with Crippen molar-refractivity contribution in [1.29, 1.82) is 0 Å². The van der Waals surface area contributed by atoms with Crippen molar-refractivity contribution in [1.82, 2.24) is 14.8 Å². The van der Waals surface area contributed by atoms with Crippen molar-refractivity contribution in [2.24, 2.45) is 0 Å². The first-order chi connectivity index (χ1) is 16.1. The quantitative estimate of drug-likeness (QED) is 0.338. The van der Waals surface area contributed by atoms with Gasteiger partial charge in [0.05, 0.1) is 5.75 Å². The minimum Gasteiger partial charge on any atom is -0.486 e. The fourth-order valence-corrected chi connectivity index (χ4v) is 4.14. The highest BCUT2D eigenvalue weighted by molar-refractivity contribution is 7.99. The second-order valence-electron chi connectivity index (χ2n) is 7.52. The van der Waals surface area contributed by atoms with Gasteiger partial charge in [-0.25, -0.2) is 0 Å². The molecule has 0 aliphatic heterocycles. The van der Waals surface area contributed by atoms with Crippen molar-refractivity contribution in [2.45, 2.75) is 32.0 Å². The number of carbonyl (C=O) groups excluding carboxylic acids is 1. The van der Waals surface area contributed by atoms with Gasteiger partial charge in [-0.1, -0.05) is 72.8 Å². The Bertz CT molecular complexity index is 1210. The second kappa shape index (κ2) is 10.8. The summed E-state index contributed by atoms with van der Waals surface area (Å²) in [4.78, 5) is 12.6. The molecule has 7 heteroatoms. The van der Waals surface area contributed by atoms with Crippen LogP contribution in [0.15, 0.2) is 84.0 Å². The predicted molar refractivity (Wildman–Crippen MR) is 132 cm³/mol. The van der Waals surface area contributed by atoms with Gasteiger partial charge in [0, 0.05) is 11.4 Å². The molecule has 0 bridgehead atoms. The van der Waals surface area contributed by atoms with E-state index >= 15 is 0 Å². The lowest BCUT2D eigenvalue weighted by atomic mass is 10.1. The topological polar surface area (TPSA) is 69.0 Å². The smallest absolute Gasteiger partial charge is 0.234 e. The number of para-hydroxylation sites is 2. The van der Waals surface area contributed by atoms with Crippen LogP contribution in [0, 0.1) is 6.92 Å². The van der Waals surface area contributed by atoms with E-state index in [1.807, 2.05) is 90.4 Å². The monoisotopic (exact) mass is 458 g/mol. The van der Waals surface area contributed by atoms with Gasteiger partial charge in [-0.2, -0.15) is 0 Å². The maximum absolute atomic E-state index is 12.6. The number of rotatable bonds is 9. The number of thioether (sulfide) groups is 1. The Morgan fingerprint density at radius 1 is 0.970 bits per heavy atom. The Morgan fingerprint density at radius 3 is 2.45 bits per heavy atom. The van der Waals surface area contributed by atoms with E-state index in [0.29, 0.717) is 11.0 Å². The maximum atomic E-state index is 12.6. The number of aryl methyl sites for hydroxylation is 2. The highest BCUT2D eigenvalue weighted by Gasteiger charge is 2.17. The van der Waals surface area contributed by atoms with E-state index in [1.165, 1.54) is 17.3 Å². The van der Waals surface area contributed by atoms with Crippen LogP contribution in [0.1, 0.15) is 23.9 Å². The summed E-state index contributed by atoms with van der Waals surface area (Å²) in [6.07, 6.45) is 0.857. The van der Waals surface area contributed by atoms with Crippen LogP contribution in [0.25, 0.3) is 5.69 Å². The summed E-state index contributed by atoms with van der Waals surface area (Å²) in [5.74, 6) is 1.58. The first-order valence-electron chi connectivity index (χ1n) is 10.8. The summed E-state index contributed by atoms with van der Waals surface area (Å²) in [5.41, 5.74) is 4.05. The molecule has 4 rings (SSSR count). The zero-order valence-electron chi connectivity index (χ0n) is 18.7. The molecule has 168 valence electrons. The number of hydrogen-bond donors (Lipinski definition) is 1. The first kappa shape index (κ1) is 22.6. The molecule has 0 fully saturated rings. The number of aromatic nitrogens is 3. The van der Waals surface area contributed by atoms with Crippen LogP contribution >= 0.6 is 11.8 Å². The molecule has 0 saturated heterocycles. The van der Waals surface area contributed by atoms with Crippen LogP contribution < -0.4 is 10.1 Å². The predicted octanol–water partition coefficient (Wildman–Crippen LogP) is 5.45. The molecular weight excluding hydrogens is 432 g/mol. The summed E-state index contributed by atoms with van der Waals surface area (Å²) in [6.45, 7) is 4.38. The van der Waals surface area contributed by atoms with Gasteiger partial charge in [0.15, 0.2) is 11.0 Å². The average molecular weight is 459 g/mol. The van der Waals surface area contributed by atoms with Crippen molar-refractivity contribution in [3.63, 3.8) is 0 Å². The van der Waals surface area contributed by atoms with Crippen LogP contribution in [0.4, 0.5) is 5.69 Å². The molecule has 4 aromatic rings. The molecule has 0 unspecified atom stereocenters. The molecule has 0 saturated carbocycles. The van der Waals surface area contributed by atoms with E-state index in [1.54, 1.807) is 0 Å². The third-order valence-corrected chi connectivity index (χ3v) is 6.04. The zero-order valence-corrected chi connectivity index (χ0v) is 19.5. The molecule has 0 radical (unpaired) electrons. The Labute approximate surface area is 198 Å². The van der Waals surface area contributed by atoms with Crippen LogP contribution in [0.3, 0.4) is 0 Å². The van der Waals surface area contributed by atoms with Gasteiger partial charge in [0.1, 0.15) is 12.4 Å². The van der Waals surface area contributed by atoms with Crippen molar-refractivity contribution in [2.75, 3.05) is 11.1 Å². The molecule has 1 aromatic heterocycles. The lowest BCUT2D eigenvalue weighted by Crippen LogP contribution is -2.16. The minimum atomic E-state index is -0.0824. The molecule has 0 spiro atoms. The zero-order chi connectivity index (χ0) is 23.0. The number of nitrogens with zero attached hydrogens (tertiary/aromatic N) is 3. The van der Waals surface area contributed by atoms with Crippen LogP contribution in [0.5, 0.6) is 5.75 Å². The number of carbonyl (C=O) groups is 1. The van der Waals surface area contributed by atoms with Crippen molar-refractivity contribution in [3.05, 3.63) is 95.8 Å². The summed E-state index contributed by atoms with van der Waals surface area (Å²) < 4.78 is 7.88. The lowest BCUT2D eigenvalue weighted by molar-refractivity contribution is -0.113. The number of nitrogens with one attached hydrogen (secondary N) is 1. The fraction of sp³-hybridized carbons (Fsp3) is 0.192. The van der Waals surface area contributed by atoms with Crippen molar-refractivity contribution < 1.29 is 9.53 Å². The average Bonchev–Trinajstić information content (AvgIpc) is 3.26. The van der Waals surface area contributed by atoms with E-state index in [4.69, 9.17) is 4.74 Å². The van der Waals surface area contributed by atoms with E-state index < -0.39 is 0 Å². The first-order valence-corrected chi connectivity index (χ1v) is 11.8. The second-order valence-corrected chi connectivity index (χ2v) is 8.46. The Kier molecular flexibility index (Phi) is 7.42. The molecule has 1 amide bonds. The number of benzene rings is 3. The van der Waals surface area contributed by atoms with Gasteiger partial charge >= 0.3 is 0 Å². The molecular formula is C26H26N4O2S. The number of ether oxygens (including phenoxy) is 1. The van der Waals surface area contributed by atoms with Gasteiger partial charge < -0.3 is 10.1 Å². The third kappa shape index (κ3) is 5.81. The van der Waals surface area contributed by atoms with E-state index in [2.05, 4.69) is 22.4 Å². The van der Waals surface area contributed by atoms with E-state index in [0.717, 1.165) is 29.1 Å². The number of hydrogen-bond acceptors (Lipinski definition) is 5. The Balaban J connectivity index is 1.49. The van der Waals surface area contributed by atoms with Crippen LogP contribution in [-0.2, 0) is 17.8 Å². The fourth-order valence-electron chi connectivity index (χ4n) is 3.37. The van der Waals surface area contributed by atoms with Gasteiger partial charge in [-0.05, 0) is 49.2 Å². The van der Waals surface area contributed by atoms with Gasteiger partial charge in [0.25, 0.3) is 0 Å². The lowest BCUT2D eigenvalue weighted by Gasteiger charge is -2.12. The van der Waals surface area contributed by atoms with E-state index in [-0.39, 0.29) is 18.3 Å². The van der Waals surface area contributed by atoms with Gasteiger partial charge in [-0.3, -0.25) is 9.36 Å². The molecule has 1 N–H and O–H groups in total. The minimum absolute atomic E-state index is 0.0824. The summed E-state index contributed by atoms with van der Waals surface area (Å²) in [5, 5.41) is 12.3. The molecule has 33 heavy (non-hydrogen) atoms.